The first-order valence-electron chi connectivity index (χ1n) is 5.76. The van der Waals surface area contributed by atoms with Gasteiger partial charge in [0.1, 0.15) is 6.61 Å². The monoisotopic (exact) mass is 325 g/mol. The van der Waals surface area contributed by atoms with Gasteiger partial charge in [-0.15, -0.1) is 0 Å². The molecule has 1 unspecified atom stereocenters. The summed E-state index contributed by atoms with van der Waals surface area (Å²) < 4.78 is 20.0. The molecule has 5 heteroatoms. The van der Waals surface area contributed by atoms with Gasteiger partial charge < -0.3 is 9.84 Å². The lowest BCUT2D eigenvalue weighted by Crippen LogP contribution is -1.99. The summed E-state index contributed by atoms with van der Waals surface area (Å²) >= 11 is 3.31. The number of hydrogen-bond acceptors (Lipinski definition) is 3. The van der Waals surface area contributed by atoms with Crippen molar-refractivity contribution in [3.8, 4) is 5.75 Å². The van der Waals surface area contributed by atoms with Crippen LogP contribution in [-0.4, -0.2) is 10.1 Å². The largest absolute Gasteiger partial charge is 0.486 e. The van der Waals surface area contributed by atoms with Crippen molar-refractivity contribution < 1.29 is 14.2 Å². The molecule has 19 heavy (non-hydrogen) atoms. The van der Waals surface area contributed by atoms with Gasteiger partial charge in [-0.05, 0) is 46.6 Å². The summed E-state index contributed by atoms with van der Waals surface area (Å²) in [5.41, 5.74) is 1.36. The van der Waals surface area contributed by atoms with Gasteiger partial charge in [0, 0.05) is 22.4 Å². The number of rotatable bonds is 4. The Morgan fingerprint density at radius 3 is 2.79 bits per heavy atom. The van der Waals surface area contributed by atoms with Gasteiger partial charge in [0.2, 0.25) is 0 Å². The maximum absolute atomic E-state index is 13.7. The van der Waals surface area contributed by atoms with Crippen LogP contribution < -0.4 is 4.74 Å². The first-order valence-corrected chi connectivity index (χ1v) is 6.55. The zero-order valence-electron chi connectivity index (χ0n) is 10.3. The Kier molecular flexibility index (Phi) is 4.50. The average molecular weight is 326 g/mol. The van der Waals surface area contributed by atoms with E-state index < -0.39 is 11.9 Å². The van der Waals surface area contributed by atoms with Crippen LogP contribution in [0.25, 0.3) is 0 Å². The number of halogens is 2. The average Bonchev–Trinajstić information content (AvgIpc) is 2.37. The van der Waals surface area contributed by atoms with E-state index in [4.69, 9.17) is 4.74 Å². The Hall–Kier alpha value is -1.46. The van der Waals surface area contributed by atoms with Gasteiger partial charge in [0.05, 0.1) is 6.10 Å². The van der Waals surface area contributed by atoms with Crippen LogP contribution in [0.15, 0.2) is 41.1 Å². The number of aliphatic hydroxyl groups is 1. The van der Waals surface area contributed by atoms with Crippen molar-refractivity contribution in [3.63, 3.8) is 0 Å². The van der Waals surface area contributed by atoms with Gasteiger partial charge in [-0.3, -0.25) is 4.98 Å². The van der Waals surface area contributed by atoms with Gasteiger partial charge in [-0.2, -0.15) is 0 Å². The van der Waals surface area contributed by atoms with E-state index in [1.54, 1.807) is 25.4 Å². The first kappa shape index (κ1) is 14.0. The summed E-state index contributed by atoms with van der Waals surface area (Å²) in [7, 11) is 0. The van der Waals surface area contributed by atoms with Crippen molar-refractivity contribution in [1.82, 2.24) is 4.98 Å². The molecule has 0 bridgehead atoms. The minimum atomic E-state index is -0.696. The molecule has 0 aliphatic carbocycles. The molecule has 0 saturated carbocycles. The molecule has 0 aliphatic rings. The molecule has 0 amide bonds. The van der Waals surface area contributed by atoms with Crippen molar-refractivity contribution in [2.45, 2.75) is 19.6 Å². The van der Waals surface area contributed by atoms with Gasteiger partial charge in [0.15, 0.2) is 11.6 Å². The second kappa shape index (κ2) is 6.12. The number of nitrogens with zero attached hydrogens (tertiary/aromatic N) is 1. The van der Waals surface area contributed by atoms with Crippen molar-refractivity contribution in [2.75, 3.05) is 0 Å². The van der Waals surface area contributed by atoms with E-state index in [-0.39, 0.29) is 12.4 Å². The number of benzene rings is 1. The summed E-state index contributed by atoms with van der Waals surface area (Å²) in [5.74, 6) is -0.328. The molecule has 0 spiro atoms. The van der Waals surface area contributed by atoms with Crippen molar-refractivity contribution in [1.29, 1.82) is 0 Å². The fraction of sp³-hybridized carbons (Fsp3) is 0.214. The number of aromatic nitrogens is 1. The fourth-order valence-electron chi connectivity index (χ4n) is 1.59. The van der Waals surface area contributed by atoms with Gasteiger partial charge in [-0.1, -0.05) is 6.07 Å². The summed E-state index contributed by atoms with van der Waals surface area (Å²) in [6.07, 6.45) is 2.63. The third-order valence-corrected chi connectivity index (χ3v) is 3.03. The summed E-state index contributed by atoms with van der Waals surface area (Å²) in [4.78, 5) is 4.00. The van der Waals surface area contributed by atoms with Gasteiger partial charge >= 0.3 is 0 Å². The number of pyridine rings is 1. The van der Waals surface area contributed by atoms with Crippen LogP contribution in [0, 0.1) is 5.82 Å². The molecule has 0 saturated heterocycles. The molecular weight excluding hydrogens is 313 g/mol. The summed E-state index contributed by atoms with van der Waals surface area (Å²) in [5, 5.41) is 9.36. The first-order chi connectivity index (χ1) is 9.06. The molecule has 1 aromatic carbocycles. The quantitative estimate of drug-likeness (QED) is 0.933. The minimum absolute atomic E-state index is 0.157. The van der Waals surface area contributed by atoms with Crippen LogP contribution in [-0.2, 0) is 6.61 Å². The number of hydrogen-bond donors (Lipinski definition) is 1. The van der Waals surface area contributed by atoms with Crippen LogP contribution in [0.4, 0.5) is 4.39 Å². The molecule has 2 aromatic rings. The maximum Gasteiger partial charge on any atom is 0.165 e. The normalized spacial score (nSPS) is 12.2. The zero-order valence-corrected chi connectivity index (χ0v) is 11.9. The van der Waals surface area contributed by atoms with Gasteiger partial charge in [-0.25, -0.2) is 4.39 Å². The smallest absolute Gasteiger partial charge is 0.165 e. The molecule has 1 atom stereocenters. The Labute approximate surface area is 119 Å². The zero-order chi connectivity index (χ0) is 13.8. The van der Waals surface area contributed by atoms with Crippen molar-refractivity contribution in [2.24, 2.45) is 0 Å². The summed E-state index contributed by atoms with van der Waals surface area (Å²) in [6, 6.07) is 6.29. The van der Waals surface area contributed by atoms with Gasteiger partial charge in [0.25, 0.3) is 0 Å². The van der Waals surface area contributed by atoms with E-state index in [1.807, 2.05) is 6.07 Å². The van der Waals surface area contributed by atoms with Crippen LogP contribution in [0.2, 0.25) is 0 Å². The van der Waals surface area contributed by atoms with E-state index in [2.05, 4.69) is 20.9 Å². The third-order valence-electron chi connectivity index (χ3n) is 2.59. The highest BCUT2D eigenvalue weighted by Gasteiger charge is 2.08. The molecule has 0 radical (unpaired) electrons. The Morgan fingerprint density at radius 2 is 2.16 bits per heavy atom. The molecule has 0 fully saturated rings. The SMILES string of the molecule is CC(O)c1ccc(OCc2cncc(Br)c2)c(F)c1. The standard InChI is InChI=1S/C14H13BrFNO2/c1-9(18)11-2-3-14(13(16)5-11)19-8-10-4-12(15)7-17-6-10/h2-7,9,18H,8H2,1H3. The van der Waals surface area contributed by atoms with Crippen molar-refractivity contribution in [3.05, 3.63) is 58.1 Å². The predicted octanol–water partition coefficient (Wildman–Crippen LogP) is 3.62. The molecule has 3 nitrogen and oxygen atoms in total. The highest BCUT2D eigenvalue weighted by atomic mass is 79.9. The minimum Gasteiger partial charge on any atom is -0.486 e. The lowest BCUT2D eigenvalue weighted by atomic mass is 10.1. The number of aliphatic hydroxyl groups excluding tert-OH is 1. The van der Waals surface area contributed by atoms with E-state index in [0.717, 1.165) is 10.0 Å². The van der Waals surface area contributed by atoms with Crippen LogP contribution in [0.1, 0.15) is 24.2 Å². The third kappa shape index (κ3) is 3.75. The molecular formula is C14H13BrFNO2. The molecule has 100 valence electrons. The predicted molar refractivity (Wildman–Crippen MR) is 73.3 cm³/mol. The fourth-order valence-corrected chi connectivity index (χ4v) is 2.00. The summed E-state index contributed by atoms with van der Waals surface area (Å²) in [6.45, 7) is 1.82. The van der Waals surface area contributed by atoms with Crippen LogP contribution in [0.3, 0.4) is 0 Å². The second-order valence-corrected chi connectivity index (χ2v) is 5.08. The Bertz CT molecular complexity index is 575. The Balaban J connectivity index is 2.07. The highest BCUT2D eigenvalue weighted by Crippen LogP contribution is 2.23. The maximum atomic E-state index is 13.7. The lowest BCUT2D eigenvalue weighted by molar-refractivity contribution is 0.198. The molecule has 1 N–H and O–H groups in total. The van der Waals surface area contributed by atoms with Crippen LogP contribution in [0.5, 0.6) is 5.75 Å². The Morgan fingerprint density at radius 1 is 1.37 bits per heavy atom. The molecule has 2 rings (SSSR count). The van der Waals surface area contributed by atoms with Crippen LogP contribution >= 0.6 is 15.9 Å². The molecule has 0 aliphatic heterocycles. The second-order valence-electron chi connectivity index (χ2n) is 4.17. The van der Waals surface area contributed by atoms with E-state index in [9.17, 15) is 9.50 Å². The topological polar surface area (TPSA) is 42.4 Å². The molecule has 1 aromatic heterocycles. The van der Waals surface area contributed by atoms with E-state index in [1.165, 1.54) is 12.1 Å². The number of ether oxygens (including phenoxy) is 1. The highest BCUT2D eigenvalue weighted by molar-refractivity contribution is 9.10. The van der Waals surface area contributed by atoms with Crippen molar-refractivity contribution >= 4 is 15.9 Å². The van der Waals surface area contributed by atoms with E-state index >= 15 is 0 Å². The van der Waals surface area contributed by atoms with E-state index in [0.29, 0.717) is 5.56 Å². The lowest BCUT2D eigenvalue weighted by Gasteiger charge is -2.10. The molecule has 1 heterocycles.